The van der Waals surface area contributed by atoms with Crippen LogP contribution in [0.4, 0.5) is 0 Å². The first-order valence-corrected chi connectivity index (χ1v) is 9.30. The number of rotatable bonds is 10. The second-order valence-corrected chi connectivity index (χ2v) is 6.29. The van der Waals surface area contributed by atoms with Crippen LogP contribution in [0.2, 0.25) is 0 Å². The fraction of sp³-hybridized carbons (Fsp3) is 0.217. The molecule has 2 N–H and O–H groups in total. The highest BCUT2D eigenvalue weighted by Gasteiger charge is 2.10. The number of methoxy groups -OCH3 is 2. The van der Waals surface area contributed by atoms with Gasteiger partial charge >= 0.3 is 11.9 Å². The molecule has 0 amide bonds. The third-order valence-corrected chi connectivity index (χ3v) is 3.98. The Bertz CT molecular complexity index is 931. The van der Waals surface area contributed by atoms with Crippen molar-refractivity contribution in [2.24, 2.45) is 0 Å². The Morgan fingerprint density at radius 3 is 1.97 bits per heavy atom. The summed E-state index contributed by atoms with van der Waals surface area (Å²) in [6, 6.07) is 11.6. The van der Waals surface area contributed by atoms with Crippen molar-refractivity contribution in [2.75, 3.05) is 27.4 Å². The summed E-state index contributed by atoms with van der Waals surface area (Å²) in [4.78, 5) is 23.5. The highest BCUT2D eigenvalue weighted by atomic mass is 16.6. The van der Waals surface area contributed by atoms with Crippen molar-refractivity contribution < 1.29 is 38.7 Å². The predicted octanol–water partition coefficient (Wildman–Crippen LogP) is 2.58. The molecule has 8 nitrogen and oxygen atoms in total. The van der Waals surface area contributed by atoms with Gasteiger partial charge in [-0.1, -0.05) is 18.2 Å². The van der Waals surface area contributed by atoms with Crippen molar-refractivity contribution in [3.05, 3.63) is 65.7 Å². The minimum atomic E-state index is -1.16. The zero-order valence-corrected chi connectivity index (χ0v) is 17.2. The number of carbonyl (C=O) groups is 2. The summed E-state index contributed by atoms with van der Waals surface area (Å²) in [5.74, 6) is -0.359. The Labute approximate surface area is 179 Å². The van der Waals surface area contributed by atoms with Crippen LogP contribution >= 0.6 is 0 Å². The number of esters is 2. The van der Waals surface area contributed by atoms with Gasteiger partial charge in [0.2, 0.25) is 0 Å². The van der Waals surface area contributed by atoms with Crippen molar-refractivity contribution in [1.29, 1.82) is 0 Å². The Morgan fingerprint density at radius 1 is 0.871 bits per heavy atom. The molecule has 31 heavy (non-hydrogen) atoms. The fourth-order valence-electron chi connectivity index (χ4n) is 2.34. The molecule has 0 heterocycles. The van der Waals surface area contributed by atoms with Gasteiger partial charge in [0.05, 0.1) is 14.2 Å². The van der Waals surface area contributed by atoms with E-state index < -0.39 is 18.0 Å². The lowest BCUT2D eigenvalue weighted by molar-refractivity contribution is -0.146. The van der Waals surface area contributed by atoms with Gasteiger partial charge in [-0.25, -0.2) is 9.59 Å². The quantitative estimate of drug-likeness (QED) is 0.439. The number of ether oxygens (including phenoxy) is 4. The normalized spacial score (nSPS) is 12.0. The van der Waals surface area contributed by atoms with Crippen LogP contribution in [0, 0.1) is 0 Å². The van der Waals surface area contributed by atoms with Gasteiger partial charge in [-0.05, 0) is 47.5 Å². The van der Waals surface area contributed by atoms with E-state index in [1.165, 1.54) is 31.4 Å². The van der Waals surface area contributed by atoms with E-state index in [4.69, 9.17) is 18.9 Å². The summed E-state index contributed by atoms with van der Waals surface area (Å²) in [6.45, 7) is -0.657. The lowest BCUT2D eigenvalue weighted by Crippen LogP contribution is -2.24. The Balaban J connectivity index is 1.71. The Morgan fingerprint density at radius 2 is 1.42 bits per heavy atom. The predicted molar refractivity (Wildman–Crippen MR) is 114 cm³/mol. The van der Waals surface area contributed by atoms with Crippen LogP contribution in [0.5, 0.6) is 17.2 Å². The Kier molecular flexibility index (Phi) is 9.13. The fourth-order valence-corrected chi connectivity index (χ4v) is 2.34. The van der Waals surface area contributed by atoms with Gasteiger partial charge in [-0.2, -0.15) is 0 Å². The molecule has 8 heteroatoms. The van der Waals surface area contributed by atoms with Crippen molar-refractivity contribution in [1.82, 2.24) is 0 Å². The maximum absolute atomic E-state index is 11.8. The number of aromatic hydroxyl groups is 1. The van der Waals surface area contributed by atoms with Crippen LogP contribution < -0.4 is 9.47 Å². The van der Waals surface area contributed by atoms with E-state index in [-0.39, 0.29) is 24.7 Å². The lowest BCUT2D eigenvalue weighted by Gasteiger charge is -2.10. The van der Waals surface area contributed by atoms with Gasteiger partial charge in [0.15, 0.2) is 11.5 Å². The highest BCUT2D eigenvalue weighted by Crippen LogP contribution is 2.26. The molecular weight excluding hydrogens is 404 g/mol. The molecular formula is C23H24O8. The topological polar surface area (TPSA) is 112 Å². The number of phenols is 1. The second-order valence-electron chi connectivity index (χ2n) is 6.29. The lowest BCUT2D eigenvalue weighted by atomic mass is 10.2. The third-order valence-electron chi connectivity index (χ3n) is 3.98. The number of hydrogen-bond acceptors (Lipinski definition) is 8. The van der Waals surface area contributed by atoms with Gasteiger partial charge in [0.25, 0.3) is 0 Å². The van der Waals surface area contributed by atoms with E-state index in [9.17, 15) is 19.8 Å². The summed E-state index contributed by atoms with van der Waals surface area (Å²) in [5, 5.41) is 19.4. The molecule has 0 aliphatic rings. The molecule has 2 aromatic carbocycles. The third kappa shape index (κ3) is 8.23. The van der Waals surface area contributed by atoms with Crippen LogP contribution in [0.15, 0.2) is 54.6 Å². The number of benzene rings is 2. The van der Waals surface area contributed by atoms with Crippen molar-refractivity contribution >= 4 is 24.1 Å². The van der Waals surface area contributed by atoms with E-state index in [1.807, 2.05) is 0 Å². The van der Waals surface area contributed by atoms with Crippen LogP contribution in [0.1, 0.15) is 11.1 Å². The standard InChI is InChI=1S/C23H24O8/c1-28-19-8-3-16(4-9-19)6-11-22(26)30-14-18(24)15-31-23(27)12-7-17-5-10-20(25)21(13-17)29-2/h3-13,18,24-25H,14-15H2,1-2H3/b11-6+,12-7+. The smallest absolute Gasteiger partial charge is 0.330 e. The molecule has 0 bridgehead atoms. The van der Waals surface area contributed by atoms with E-state index in [0.29, 0.717) is 11.3 Å². The second kappa shape index (κ2) is 12.0. The molecule has 0 aromatic heterocycles. The number of carbonyl (C=O) groups excluding carboxylic acids is 2. The molecule has 0 saturated heterocycles. The van der Waals surface area contributed by atoms with Crippen LogP contribution in [-0.2, 0) is 19.1 Å². The van der Waals surface area contributed by atoms with Crippen LogP contribution in [-0.4, -0.2) is 55.7 Å². The summed E-state index contributed by atoms with van der Waals surface area (Å²) in [5.41, 5.74) is 1.40. The summed E-state index contributed by atoms with van der Waals surface area (Å²) < 4.78 is 19.9. The average Bonchev–Trinajstić information content (AvgIpc) is 2.79. The molecule has 0 saturated carbocycles. The maximum Gasteiger partial charge on any atom is 0.330 e. The largest absolute Gasteiger partial charge is 0.504 e. The SMILES string of the molecule is COc1ccc(/C=C/C(=O)OCC(O)COC(=O)/C=C/c2ccc(O)c(OC)c2)cc1. The first-order chi connectivity index (χ1) is 14.9. The molecule has 2 rings (SSSR count). The molecule has 1 atom stereocenters. The number of hydrogen-bond donors (Lipinski definition) is 2. The molecule has 1 unspecified atom stereocenters. The zero-order valence-electron chi connectivity index (χ0n) is 17.2. The minimum absolute atomic E-state index is 0.0151. The van der Waals surface area contributed by atoms with Gasteiger partial charge in [-0.3, -0.25) is 0 Å². The maximum atomic E-state index is 11.8. The van der Waals surface area contributed by atoms with E-state index in [2.05, 4.69) is 0 Å². The van der Waals surface area contributed by atoms with Crippen molar-refractivity contribution in [3.63, 3.8) is 0 Å². The van der Waals surface area contributed by atoms with Gasteiger partial charge in [-0.15, -0.1) is 0 Å². The van der Waals surface area contributed by atoms with Gasteiger partial charge in [0.1, 0.15) is 25.1 Å². The zero-order chi connectivity index (χ0) is 22.6. The van der Waals surface area contributed by atoms with E-state index in [1.54, 1.807) is 49.6 Å². The Hall–Kier alpha value is -3.78. The minimum Gasteiger partial charge on any atom is -0.504 e. The number of aliphatic hydroxyl groups is 1. The molecule has 164 valence electrons. The molecule has 0 radical (unpaired) electrons. The van der Waals surface area contributed by atoms with E-state index in [0.717, 1.165) is 5.56 Å². The van der Waals surface area contributed by atoms with Crippen molar-refractivity contribution in [2.45, 2.75) is 6.10 Å². The van der Waals surface area contributed by atoms with Crippen LogP contribution in [0.25, 0.3) is 12.2 Å². The van der Waals surface area contributed by atoms with Gasteiger partial charge < -0.3 is 29.2 Å². The summed E-state index contributed by atoms with van der Waals surface area (Å²) >= 11 is 0. The first-order valence-electron chi connectivity index (χ1n) is 9.30. The molecule has 2 aromatic rings. The monoisotopic (exact) mass is 428 g/mol. The molecule has 0 aliphatic heterocycles. The highest BCUT2D eigenvalue weighted by molar-refractivity contribution is 5.87. The molecule has 0 aliphatic carbocycles. The van der Waals surface area contributed by atoms with Crippen molar-refractivity contribution in [3.8, 4) is 17.2 Å². The average molecular weight is 428 g/mol. The molecule has 0 spiro atoms. The first kappa shape index (κ1) is 23.5. The molecule has 0 fully saturated rings. The summed E-state index contributed by atoms with van der Waals surface area (Å²) in [6.07, 6.45) is 4.28. The summed E-state index contributed by atoms with van der Waals surface area (Å²) in [7, 11) is 2.98. The van der Waals surface area contributed by atoms with Crippen LogP contribution in [0.3, 0.4) is 0 Å². The van der Waals surface area contributed by atoms with Gasteiger partial charge in [0, 0.05) is 12.2 Å². The number of aliphatic hydroxyl groups excluding tert-OH is 1. The number of phenolic OH excluding ortho intramolecular Hbond substituents is 1. The van der Waals surface area contributed by atoms with E-state index >= 15 is 0 Å².